The van der Waals surface area contributed by atoms with E-state index in [1.807, 2.05) is 18.9 Å². The number of fused-ring (bicyclic) bond motifs is 3. The summed E-state index contributed by atoms with van der Waals surface area (Å²) in [4.78, 5) is 29.1. The summed E-state index contributed by atoms with van der Waals surface area (Å²) in [7, 11) is 1.94. The summed E-state index contributed by atoms with van der Waals surface area (Å²) in [5, 5.41) is 0.787. The van der Waals surface area contributed by atoms with Gasteiger partial charge in [0.25, 0.3) is 5.56 Å². The van der Waals surface area contributed by atoms with Crippen molar-refractivity contribution in [2.45, 2.75) is 26.6 Å². The lowest BCUT2D eigenvalue weighted by Gasteiger charge is -2.17. The highest BCUT2D eigenvalue weighted by molar-refractivity contribution is 7.25. The van der Waals surface area contributed by atoms with Crippen molar-refractivity contribution in [2.75, 3.05) is 18.5 Å². The standard InChI is InChI=1S/C20H20FN5O2S/c1-5-25(4)17-14-15-16(29-18(14)23-10-22-17)19(27)26(11-24-15)12-6-8-13(9-7-12)28-20(2,3)21/h6-11H,5H2,1-4H3. The van der Waals surface area contributed by atoms with Crippen molar-refractivity contribution in [1.82, 2.24) is 19.5 Å². The van der Waals surface area contributed by atoms with Crippen molar-refractivity contribution in [3.05, 3.63) is 47.3 Å². The lowest BCUT2D eigenvalue weighted by Crippen LogP contribution is -2.21. The first-order valence-corrected chi connectivity index (χ1v) is 9.94. The maximum absolute atomic E-state index is 13.7. The van der Waals surface area contributed by atoms with Gasteiger partial charge in [0.2, 0.25) is 5.85 Å². The summed E-state index contributed by atoms with van der Waals surface area (Å²) < 4.78 is 20.8. The molecule has 9 heteroatoms. The molecule has 3 heterocycles. The maximum Gasteiger partial charge on any atom is 0.275 e. The molecular weight excluding hydrogens is 393 g/mol. The van der Waals surface area contributed by atoms with Gasteiger partial charge in [-0.1, -0.05) is 0 Å². The predicted octanol–water partition coefficient (Wildman–Crippen LogP) is 3.93. The average Bonchev–Trinajstić information content (AvgIpc) is 3.07. The molecule has 3 aromatic heterocycles. The molecule has 29 heavy (non-hydrogen) atoms. The summed E-state index contributed by atoms with van der Waals surface area (Å²) in [6.07, 6.45) is 3.00. The molecule has 4 aromatic rings. The number of hydrogen-bond donors (Lipinski definition) is 0. The number of hydrogen-bond acceptors (Lipinski definition) is 7. The van der Waals surface area contributed by atoms with Crippen LogP contribution in [0.2, 0.25) is 0 Å². The Balaban J connectivity index is 1.83. The molecule has 0 fully saturated rings. The number of benzene rings is 1. The van der Waals surface area contributed by atoms with E-state index < -0.39 is 5.85 Å². The van der Waals surface area contributed by atoms with Gasteiger partial charge >= 0.3 is 0 Å². The Morgan fingerprint density at radius 2 is 1.93 bits per heavy atom. The fraction of sp³-hybridized carbons (Fsp3) is 0.300. The highest BCUT2D eigenvalue weighted by Crippen LogP contribution is 2.34. The van der Waals surface area contributed by atoms with Gasteiger partial charge in [0.15, 0.2) is 0 Å². The van der Waals surface area contributed by atoms with Crippen LogP contribution in [0.25, 0.3) is 26.1 Å². The van der Waals surface area contributed by atoms with Crippen molar-refractivity contribution < 1.29 is 9.13 Å². The van der Waals surface area contributed by atoms with Gasteiger partial charge in [0.1, 0.15) is 39.3 Å². The number of halogens is 1. The predicted molar refractivity (Wildman–Crippen MR) is 113 cm³/mol. The number of thiophene rings is 1. The van der Waals surface area contributed by atoms with Gasteiger partial charge in [-0.3, -0.25) is 9.36 Å². The molecule has 0 saturated carbocycles. The van der Waals surface area contributed by atoms with Gasteiger partial charge in [0.05, 0.1) is 11.1 Å². The highest BCUT2D eigenvalue weighted by Gasteiger charge is 2.19. The molecule has 150 valence electrons. The van der Waals surface area contributed by atoms with E-state index in [9.17, 15) is 9.18 Å². The molecule has 0 spiro atoms. The molecule has 0 aliphatic rings. The molecule has 0 amide bonds. The van der Waals surface area contributed by atoms with Crippen molar-refractivity contribution in [3.8, 4) is 11.4 Å². The third kappa shape index (κ3) is 3.53. The van der Waals surface area contributed by atoms with Gasteiger partial charge in [-0.25, -0.2) is 15.0 Å². The van der Waals surface area contributed by atoms with Crippen LogP contribution in [0.5, 0.6) is 5.75 Å². The molecule has 0 bridgehead atoms. The van der Waals surface area contributed by atoms with Crippen molar-refractivity contribution in [2.24, 2.45) is 0 Å². The number of aromatic nitrogens is 4. The van der Waals surface area contributed by atoms with E-state index in [4.69, 9.17) is 4.74 Å². The highest BCUT2D eigenvalue weighted by atomic mass is 32.1. The van der Waals surface area contributed by atoms with E-state index in [0.29, 0.717) is 21.7 Å². The minimum atomic E-state index is -1.78. The zero-order chi connectivity index (χ0) is 20.8. The third-order valence-corrected chi connectivity index (χ3v) is 5.54. The molecule has 0 aliphatic carbocycles. The minimum absolute atomic E-state index is 0.192. The molecule has 0 radical (unpaired) electrons. The monoisotopic (exact) mass is 413 g/mol. The van der Waals surface area contributed by atoms with Crippen LogP contribution in [0.3, 0.4) is 0 Å². The molecule has 7 nitrogen and oxygen atoms in total. The first kappa shape index (κ1) is 19.3. The van der Waals surface area contributed by atoms with E-state index in [2.05, 4.69) is 15.0 Å². The molecule has 0 saturated heterocycles. The van der Waals surface area contributed by atoms with Gasteiger partial charge in [-0.2, -0.15) is 4.39 Å². The largest absolute Gasteiger partial charge is 0.459 e. The Labute approximate surface area is 170 Å². The Bertz CT molecular complexity index is 1240. The van der Waals surface area contributed by atoms with Gasteiger partial charge < -0.3 is 9.64 Å². The lowest BCUT2D eigenvalue weighted by atomic mass is 10.2. The van der Waals surface area contributed by atoms with Crippen LogP contribution < -0.4 is 15.2 Å². The number of rotatable bonds is 5. The van der Waals surface area contributed by atoms with E-state index in [-0.39, 0.29) is 5.56 Å². The molecule has 0 aliphatic heterocycles. The third-order valence-electron chi connectivity index (χ3n) is 4.47. The number of ether oxygens (including phenoxy) is 1. The second-order valence-electron chi connectivity index (χ2n) is 7.05. The zero-order valence-corrected chi connectivity index (χ0v) is 17.3. The second-order valence-corrected chi connectivity index (χ2v) is 8.05. The smallest absolute Gasteiger partial charge is 0.275 e. The molecule has 0 atom stereocenters. The zero-order valence-electron chi connectivity index (χ0n) is 16.5. The first-order valence-electron chi connectivity index (χ1n) is 9.13. The molecular formula is C20H20FN5O2S. The summed E-state index contributed by atoms with van der Waals surface area (Å²) in [5.74, 6) is -0.642. The van der Waals surface area contributed by atoms with Crippen molar-refractivity contribution in [3.63, 3.8) is 0 Å². The lowest BCUT2D eigenvalue weighted by molar-refractivity contribution is -0.0257. The first-order chi connectivity index (χ1) is 13.8. The second kappa shape index (κ2) is 7.07. The normalized spacial score (nSPS) is 11.9. The Hall–Kier alpha value is -3.07. The van der Waals surface area contributed by atoms with Gasteiger partial charge in [-0.05, 0) is 31.2 Å². The summed E-state index contributed by atoms with van der Waals surface area (Å²) in [6.45, 7) is 5.46. The number of nitrogens with zero attached hydrogens (tertiary/aromatic N) is 5. The van der Waals surface area contributed by atoms with E-state index >= 15 is 0 Å². The summed E-state index contributed by atoms with van der Waals surface area (Å²) >= 11 is 1.30. The quantitative estimate of drug-likeness (QED) is 0.494. The van der Waals surface area contributed by atoms with Crippen LogP contribution >= 0.6 is 11.3 Å². The molecule has 0 unspecified atom stereocenters. The number of anilines is 1. The van der Waals surface area contributed by atoms with Crippen molar-refractivity contribution >= 4 is 37.6 Å². The molecule has 1 aromatic carbocycles. The van der Waals surface area contributed by atoms with E-state index in [1.165, 1.54) is 42.4 Å². The summed E-state index contributed by atoms with van der Waals surface area (Å²) in [6, 6.07) is 6.63. The van der Waals surface area contributed by atoms with Crippen LogP contribution in [0.15, 0.2) is 41.7 Å². The van der Waals surface area contributed by atoms with Gasteiger partial charge in [-0.15, -0.1) is 11.3 Å². The van der Waals surface area contributed by atoms with E-state index in [0.717, 1.165) is 22.6 Å². The number of alkyl halides is 1. The Morgan fingerprint density at radius 1 is 1.21 bits per heavy atom. The van der Waals surface area contributed by atoms with Crippen LogP contribution in [-0.4, -0.2) is 39.0 Å². The Kier molecular flexibility index (Phi) is 4.70. The van der Waals surface area contributed by atoms with Crippen LogP contribution in [-0.2, 0) is 0 Å². The fourth-order valence-electron chi connectivity index (χ4n) is 3.03. The van der Waals surface area contributed by atoms with Crippen LogP contribution in [0.1, 0.15) is 20.8 Å². The van der Waals surface area contributed by atoms with Crippen LogP contribution in [0, 0.1) is 0 Å². The maximum atomic E-state index is 13.7. The minimum Gasteiger partial charge on any atom is -0.459 e. The Morgan fingerprint density at radius 3 is 2.59 bits per heavy atom. The SMILES string of the molecule is CCN(C)c1ncnc2sc3c(=O)n(-c4ccc(OC(C)(C)F)cc4)cnc3c12. The molecule has 0 N–H and O–H groups in total. The fourth-order valence-corrected chi connectivity index (χ4v) is 4.05. The topological polar surface area (TPSA) is 73.1 Å². The van der Waals surface area contributed by atoms with Gasteiger partial charge in [0, 0.05) is 27.4 Å². The summed E-state index contributed by atoms with van der Waals surface area (Å²) in [5.41, 5.74) is 1.02. The van der Waals surface area contributed by atoms with Crippen molar-refractivity contribution in [1.29, 1.82) is 0 Å². The van der Waals surface area contributed by atoms with E-state index in [1.54, 1.807) is 24.3 Å². The molecule has 4 rings (SSSR count). The van der Waals surface area contributed by atoms with Crippen LogP contribution in [0.4, 0.5) is 10.2 Å². The average molecular weight is 413 g/mol.